The van der Waals surface area contributed by atoms with Crippen LogP contribution in [0.1, 0.15) is 5.69 Å². The van der Waals surface area contributed by atoms with Crippen LogP contribution in [0.5, 0.6) is 0 Å². The molecule has 58 valence electrons. The van der Waals surface area contributed by atoms with Crippen molar-refractivity contribution in [2.45, 2.75) is 0 Å². The van der Waals surface area contributed by atoms with Crippen molar-refractivity contribution in [2.24, 2.45) is 7.05 Å². The van der Waals surface area contributed by atoms with E-state index >= 15 is 0 Å². The number of aryl methyl sites for hydroxylation is 1. The number of hydrogen-bond acceptors (Lipinski definition) is 2. The van der Waals surface area contributed by atoms with Crippen LogP contribution in [0.3, 0.4) is 0 Å². The van der Waals surface area contributed by atoms with Gasteiger partial charge in [-0.25, -0.2) is 4.79 Å². The Bertz CT molecular complexity index is 288. The summed E-state index contributed by atoms with van der Waals surface area (Å²) >= 11 is 0. The van der Waals surface area contributed by atoms with Gasteiger partial charge in [-0.1, -0.05) is 0 Å². The van der Waals surface area contributed by atoms with Crippen LogP contribution in [0, 0.1) is 0 Å². The first-order valence-electron chi connectivity index (χ1n) is 3.09. The predicted molar refractivity (Wildman–Crippen MR) is 39.9 cm³/mol. The molecular weight excluding hydrogens is 144 g/mol. The number of carboxylic acids is 1. The van der Waals surface area contributed by atoms with Crippen molar-refractivity contribution in [1.82, 2.24) is 9.78 Å². The first kappa shape index (κ1) is 7.53. The van der Waals surface area contributed by atoms with Crippen LogP contribution in [0.15, 0.2) is 18.3 Å². The fraction of sp³-hybridized carbons (Fsp3) is 0.143. The summed E-state index contributed by atoms with van der Waals surface area (Å²) in [4.78, 5) is 10.1. The van der Waals surface area contributed by atoms with Gasteiger partial charge in [0.2, 0.25) is 0 Å². The Morgan fingerprint density at radius 2 is 2.55 bits per heavy atom. The van der Waals surface area contributed by atoms with Gasteiger partial charge in [0.25, 0.3) is 0 Å². The average molecular weight is 152 g/mol. The van der Waals surface area contributed by atoms with Gasteiger partial charge in [0.05, 0.1) is 5.69 Å². The monoisotopic (exact) mass is 152 g/mol. The Morgan fingerprint density at radius 1 is 1.82 bits per heavy atom. The smallest absolute Gasteiger partial charge is 0.328 e. The third-order valence-electron chi connectivity index (χ3n) is 1.26. The van der Waals surface area contributed by atoms with Crippen molar-refractivity contribution in [1.29, 1.82) is 0 Å². The Balaban J connectivity index is 2.79. The normalized spacial score (nSPS) is 10.6. The molecule has 1 heterocycles. The summed E-state index contributed by atoms with van der Waals surface area (Å²) in [5.74, 6) is -0.953. The summed E-state index contributed by atoms with van der Waals surface area (Å²) in [7, 11) is 1.75. The van der Waals surface area contributed by atoms with E-state index in [9.17, 15) is 4.79 Å². The number of nitrogens with zero attached hydrogens (tertiary/aromatic N) is 2. The summed E-state index contributed by atoms with van der Waals surface area (Å²) in [6.45, 7) is 0. The molecule has 0 radical (unpaired) electrons. The van der Waals surface area contributed by atoms with E-state index in [-0.39, 0.29) is 0 Å². The van der Waals surface area contributed by atoms with Crippen LogP contribution in [-0.2, 0) is 11.8 Å². The first-order valence-corrected chi connectivity index (χ1v) is 3.09. The van der Waals surface area contributed by atoms with E-state index in [1.807, 2.05) is 0 Å². The fourth-order valence-electron chi connectivity index (χ4n) is 0.704. The molecule has 1 rings (SSSR count). The van der Waals surface area contributed by atoms with Crippen molar-refractivity contribution in [2.75, 3.05) is 0 Å². The van der Waals surface area contributed by atoms with Crippen molar-refractivity contribution < 1.29 is 9.90 Å². The third-order valence-corrected chi connectivity index (χ3v) is 1.26. The highest BCUT2D eigenvalue weighted by Gasteiger charge is 1.92. The zero-order valence-corrected chi connectivity index (χ0v) is 6.06. The molecule has 0 fully saturated rings. The van der Waals surface area contributed by atoms with E-state index in [0.717, 1.165) is 11.8 Å². The second-order valence-corrected chi connectivity index (χ2v) is 2.05. The largest absolute Gasteiger partial charge is 0.478 e. The first-order chi connectivity index (χ1) is 5.20. The van der Waals surface area contributed by atoms with Gasteiger partial charge in [-0.2, -0.15) is 5.10 Å². The van der Waals surface area contributed by atoms with E-state index in [1.165, 1.54) is 6.08 Å². The van der Waals surface area contributed by atoms with Gasteiger partial charge in [0, 0.05) is 19.3 Å². The number of hydrogen-bond donors (Lipinski definition) is 1. The maximum atomic E-state index is 10.1. The van der Waals surface area contributed by atoms with Crippen molar-refractivity contribution in [3.8, 4) is 0 Å². The number of carboxylic acid groups (broad SMARTS) is 1. The van der Waals surface area contributed by atoms with Gasteiger partial charge in [0.15, 0.2) is 0 Å². The van der Waals surface area contributed by atoms with Gasteiger partial charge < -0.3 is 5.11 Å². The molecule has 0 amide bonds. The van der Waals surface area contributed by atoms with E-state index < -0.39 is 5.97 Å². The molecule has 0 bridgehead atoms. The summed E-state index contributed by atoms with van der Waals surface area (Å²) < 4.78 is 1.60. The molecule has 0 unspecified atom stereocenters. The minimum Gasteiger partial charge on any atom is -0.478 e. The second-order valence-electron chi connectivity index (χ2n) is 2.05. The summed E-state index contributed by atoms with van der Waals surface area (Å²) in [5, 5.41) is 12.2. The molecule has 1 aromatic rings. The number of aliphatic carboxylic acids is 1. The molecule has 0 saturated heterocycles. The molecular formula is C7H8N2O2. The highest BCUT2D eigenvalue weighted by atomic mass is 16.4. The molecule has 4 nitrogen and oxygen atoms in total. The lowest BCUT2D eigenvalue weighted by Gasteiger charge is -1.90. The predicted octanol–water partition coefficient (Wildman–Crippen LogP) is 0.518. The van der Waals surface area contributed by atoms with Crippen molar-refractivity contribution in [3.63, 3.8) is 0 Å². The van der Waals surface area contributed by atoms with Gasteiger partial charge in [-0.3, -0.25) is 4.68 Å². The molecule has 4 heteroatoms. The van der Waals surface area contributed by atoms with Crippen LogP contribution in [0.2, 0.25) is 0 Å². The zero-order chi connectivity index (χ0) is 8.27. The molecule has 0 spiro atoms. The van der Waals surface area contributed by atoms with Gasteiger partial charge in [0.1, 0.15) is 0 Å². The van der Waals surface area contributed by atoms with Crippen molar-refractivity contribution in [3.05, 3.63) is 24.0 Å². The van der Waals surface area contributed by atoms with E-state index in [0.29, 0.717) is 0 Å². The van der Waals surface area contributed by atoms with E-state index in [2.05, 4.69) is 5.10 Å². The number of rotatable bonds is 2. The molecule has 11 heavy (non-hydrogen) atoms. The lowest BCUT2D eigenvalue weighted by Crippen LogP contribution is -1.93. The highest BCUT2D eigenvalue weighted by molar-refractivity contribution is 5.84. The number of carbonyl (C=O) groups is 1. The SMILES string of the molecule is Cn1nccc1C=CC(=O)O. The topological polar surface area (TPSA) is 55.1 Å². The quantitative estimate of drug-likeness (QED) is 0.628. The van der Waals surface area contributed by atoms with Crippen LogP contribution in [0.4, 0.5) is 0 Å². The minimum atomic E-state index is -0.953. The van der Waals surface area contributed by atoms with E-state index in [1.54, 1.807) is 24.0 Å². The molecule has 1 aromatic heterocycles. The zero-order valence-electron chi connectivity index (χ0n) is 6.06. The Kier molecular flexibility index (Phi) is 2.06. The molecule has 0 aromatic carbocycles. The minimum absolute atomic E-state index is 0.771. The Morgan fingerprint density at radius 3 is 3.00 bits per heavy atom. The van der Waals surface area contributed by atoms with E-state index in [4.69, 9.17) is 5.11 Å². The third kappa shape index (κ3) is 1.93. The number of aromatic nitrogens is 2. The van der Waals surface area contributed by atoms with Crippen molar-refractivity contribution >= 4 is 12.0 Å². The summed E-state index contributed by atoms with van der Waals surface area (Å²) in [6, 6.07) is 1.74. The van der Waals surface area contributed by atoms with Gasteiger partial charge in [-0.05, 0) is 12.1 Å². The Labute approximate surface area is 63.8 Å². The molecule has 0 aliphatic rings. The maximum Gasteiger partial charge on any atom is 0.328 e. The van der Waals surface area contributed by atoms with Gasteiger partial charge in [-0.15, -0.1) is 0 Å². The fourth-order valence-corrected chi connectivity index (χ4v) is 0.704. The Hall–Kier alpha value is -1.58. The van der Waals surface area contributed by atoms with Gasteiger partial charge >= 0.3 is 5.97 Å². The average Bonchev–Trinajstić information content (AvgIpc) is 2.31. The highest BCUT2D eigenvalue weighted by Crippen LogP contribution is 1.97. The summed E-state index contributed by atoms with van der Waals surface area (Å²) in [6.07, 6.45) is 4.19. The molecule has 0 aliphatic heterocycles. The van der Waals surface area contributed by atoms with Crippen LogP contribution in [-0.4, -0.2) is 20.9 Å². The lowest BCUT2D eigenvalue weighted by molar-refractivity contribution is -0.131. The maximum absolute atomic E-state index is 10.1. The van der Waals surface area contributed by atoms with Crippen LogP contribution >= 0.6 is 0 Å². The second kappa shape index (κ2) is 3.01. The molecule has 0 atom stereocenters. The molecule has 1 N–H and O–H groups in total. The summed E-state index contributed by atoms with van der Waals surface area (Å²) in [5.41, 5.74) is 0.771. The molecule has 0 saturated carbocycles. The van der Waals surface area contributed by atoms with Crippen LogP contribution in [0.25, 0.3) is 6.08 Å². The molecule has 0 aliphatic carbocycles. The van der Waals surface area contributed by atoms with Crippen LogP contribution < -0.4 is 0 Å². The lowest BCUT2D eigenvalue weighted by atomic mass is 10.4. The standard InChI is InChI=1S/C7H8N2O2/c1-9-6(4-5-8-9)2-3-7(10)11/h2-5H,1H3,(H,10,11).